The quantitative estimate of drug-likeness (QED) is 0.130. The first-order valence-corrected chi connectivity index (χ1v) is 27.9. The van der Waals surface area contributed by atoms with Crippen molar-refractivity contribution in [2.45, 2.75) is 171 Å². The number of benzene rings is 2. The van der Waals surface area contributed by atoms with Crippen LogP contribution in [0.4, 0.5) is 23.2 Å². The zero-order chi connectivity index (χ0) is 53.5. The lowest BCUT2D eigenvalue weighted by atomic mass is 9.55. The molecule has 76 heavy (non-hydrogen) atoms. The number of carbonyl (C=O) groups is 5. The number of alkyl halides is 3. The van der Waals surface area contributed by atoms with Crippen LogP contribution in [-0.2, 0) is 37.3 Å². The summed E-state index contributed by atoms with van der Waals surface area (Å²) in [5, 5.41) is 5.60. The maximum Gasteiger partial charge on any atom is 0.433 e. The highest BCUT2D eigenvalue weighted by atomic mass is 35.5. The van der Waals surface area contributed by atoms with Crippen LogP contribution < -0.4 is 10.6 Å². The fourth-order valence-electron chi connectivity index (χ4n) is 15.6. The van der Waals surface area contributed by atoms with Crippen molar-refractivity contribution in [3.05, 3.63) is 93.0 Å². The molecule has 2 spiro atoms. The number of fused-ring (bicyclic) bond motifs is 6. The van der Waals surface area contributed by atoms with E-state index in [0.717, 1.165) is 49.3 Å². The van der Waals surface area contributed by atoms with Crippen molar-refractivity contribution in [2.75, 3.05) is 31.5 Å². The molecule has 8 fully saturated rings. The average molecular weight is 1060 g/mol. The molecule has 5 aliphatic carbocycles. The lowest BCUT2D eigenvalue weighted by Gasteiger charge is -2.58. The van der Waals surface area contributed by atoms with Gasteiger partial charge >= 0.3 is 6.18 Å². The molecule has 5 aliphatic heterocycles. The van der Waals surface area contributed by atoms with Crippen molar-refractivity contribution >= 4 is 46.8 Å². The number of carbonyl (C=O) groups excluding carboxylic acids is 5. The maximum absolute atomic E-state index is 16.9. The molecule has 13 rings (SSSR count). The molecule has 2 aromatic carbocycles. The van der Waals surface area contributed by atoms with Gasteiger partial charge in [0.15, 0.2) is 0 Å². The lowest BCUT2D eigenvalue weighted by Crippen LogP contribution is -2.65. The highest BCUT2D eigenvalue weighted by Crippen LogP contribution is 2.64. The summed E-state index contributed by atoms with van der Waals surface area (Å²) in [6.45, 7) is 10.6. The molecule has 1 aromatic heterocycles. The van der Waals surface area contributed by atoms with Gasteiger partial charge in [0.05, 0.1) is 11.1 Å². The Morgan fingerprint density at radius 3 is 2.32 bits per heavy atom. The summed E-state index contributed by atoms with van der Waals surface area (Å²) in [5.74, 6) is 4.77. The van der Waals surface area contributed by atoms with Crippen molar-refractivity contribution < 1.29 is 41.5 Å². The van der Waals surface area contributed by atoms with Crippen molar-refractivity contribution in [3.8, 4) is 11.8 Å². The van der Waals surface area contributed by atoms with Crippen LogP contribution in [0.2, 0.25) is 5.02 Å². The minimum absolute atomic E-state index is 0.00863. The van der Waals surface area contributed by atoms with Gasteiger partial charge in [-0.05, 0) is 136 Å². The number of piperidine rings is 2. The van der Waals surface area contributed by atoms with E-state index in [2.05, 4.69) is 62.9 Å². The number of amides is 5. The van der Waals surface area contributed by atoms with E-state index in [1.807, 2.05) is 19.1 Å². The Kier molecular flexibility index (Phi) is 12.1. The summed E-state index contributed by atoms with van der Waals surface area (Å²) in [6, 6.07) is 9.48. The Bertz CT molecular complexity index is 3000. The number of nitrogens with zero attached hydrogens (tertiary/aromatic N) is 5. The summed E-state index contributed by atoms with van der Waals surface area (Å²) in [7, 11) is 0. The van der Waals surface area contributed by atoms with E-state index in [9.17, 15) is 32.3 Å². The molecular formula is C59H66ClF4N7O5. The van der Waals surface area contributed by atoms with Crippen LogP contribution in [0.3, 0.4) is 0 Å². The first-order chi connectivity index (χ1) is 36.1. The Balaban J connectivity index is 0.767. The molecule has 17 heteroatoms. The average Bonchev–Trinajstić information content (AvgIpc) is 4.26. The second-order valence-corrected chi connectivity index (χ2v) is 25.4. The molecule has 5 amide bonds. The van der Waals surface area contributed by atoms with Crippen LogP contribution in [-0.4, -0.2) is 110 Å². The monoisotopic (exact) mass is 1060 g/mol. The fraction of sp³-hybridized carbons (Fsp3) is 0.593. The summed E-state index contributed by atoms with van der Waals surface area (Å²) < 4.78 is 59.5. The van der Waals surface area contributed by atoms with Crippen LogP contribution in [0.15, 0.2) is 48.7 Å². The van der Waals surface area contributed by atoms with Crippen molar-refractivity contribution in [3.63, 3.8) is 0 Å². The fourth-order valence-corrected chi connectivity index (χ4v) is 15.8. The van der Waals surface area contributed by atoms with Gasteiger partial charge in [-0.1, -0.05) is 69.3 Å². The number of likely N-dealkylation sites (N-methyl/N-ethyl adjacent to an activating group) is 1. The van der Waals surface area contributed by atoms with Gasteiger partial charge in [0.1, 0.15) is 17.6 Å². The lowest BCUT2D eigenvalue weighted by molar-refractivity contribution is -0.163. The third-order valence-corrected chi connectivity index (χ3v) is 20.0. The number of aromatic nitrogens is 1. The molecule has 5 saturated carbocycles. The van der Waals surface area contributed by atoms with Crippen LogP contribution in [0.5, 0.6) is 0 Å². The third kappa shape index (κ3) is 8.16. The Morgan fingerprint density at radius 1 is 0.947 bits per heavy atom. The predicted molar refractivity (Wildman–Crippen MR) is 276 cm³/mol. The van der Waals surface area contributed by atoms with E-state index in [0.29, 0.717) is 87.8 Å². The van der Waals surface area contributed by atoms with Gasteiger partial charge in [-0.15, -0.1) is 0 Å². The molecule has 6 heterocycles. The summed E-state index contributed by atoms with van der Waals surface area (Å²) in [5.41, 5.74) is -0.106. The smallest absolute Gasteiger partial charge is 0.384 e. The van der Waals surface area contributed by atoms with E-state index in [-0.39, 0.29) is 82.6 Å². The summed E-state index contributed by atoms with van der Waals surface area (Å²) in [6.07, 6.45) is 6.07. The number of likely N-dealkylation sites (tertiary alicyclic amines) is 2. The number of anilines is 1. The van der Waals surface area contributed by atoms with E-state index in [1.165, 1.54) is 12.3 Å². The van der Waals surface area contributed by atoms with Gasteiger partial charge in [0.2, 0.25) is 23.6 Å². The van der Waals surface area contributed by atoms with Gasteiger partial charge < -0.3 is 20.0 Å². The number of rotatable bonds is 8. The Morgan fingerprint density at radius 2 is 1.66 bits per heavy atom. The number of nitrogens with one attached hydrogen (secondary N) is 2. The van der Waals surface area contributed by atoms with Gasteiger partial charge in [-0.2, -0.15) is 13.2 Å². The van der Waals surface area contributed by atoms with Crippen LogP contribution >= 0.6 is 11.6 Å². The minimum atomic E-state index is -4.68. The van der Waals surface area contributed by atoms with E-state index >= 15 is 9.18 Å². The van der Waals surface area contributed by atoms with Gasteiger partial charge in [-0.3, -0.25) is 39.2 Å². The molecular weight excluding hydrogens is 998 g/mol. The molecule has 6 atom stereocenters. The SMILES string of the molecule is CCN1[C@@H](CC(C)(C)C)[C@@]2(CNc3cc(C(F)(F)F)ncc32)[C@@H](c2cccc(Cl)c2F)[C@@H]1C(=O)N(C1CC1)C12CCC(C(=O)N3CCC4(CC3)C[C@@H]4C#Cc3cccc4c3CN(C3CCC(=O)NC3=O)C4=O)(CC1)CC2. The van der Waals surface area contributed by atoms with E-state index < -0.39 is 58.0 Å². The minimum Gasteiger partial charge on any atom is -0.384 e. The summed E-state index contributed by atoms with van der Waals surface area (Å²) in [4.78, 5) is 81.0. The standard InChI is InChI=1S/C59H66ClF4N7O5/c1-5-69-45(30-54(2,3)4)58(33-66-42-28-44(59(62,63)64)65-31-40(42)58)47(38-10-7-11-41(60)48(38)61)49(69)52(75)71(36-14-15-36)57-21-18-55(19-22-57,20-23-57)53(76)68-26-24-56(25-27-68)29-35(56)13-12-34-8-6-9-37-39(34)32-70(51(37)74)43-16-17-46(72)67-50(43)73/h6-11,28,31,35-36,43,45,47,49,66H,5,14-27,29-30,32-33H2,1-4H3,(H,67,72,73)/t35-,43?,45-,47-,49+,55?,57?,58-/m0/s1. The number of hydrogen-bond acceptors (Lipinski definition) is 8. The number of pyridine rings is 1. The number of imide groups is 1. The highest BCUT2D eigenvalue weighted by Gasteiger charge is 2.68. The number of hydrogen-bond donors (Lipinski definition) is 2. The normalized spacial score (nSPS) is 31.5. The topological polar surface area (TPSA) is 135 Å². The van der Waals surface area contributed by atoms with Crippen LogP contribution in [0, 0.1) is 39.8 Å². The Labute approximate surface area is 446 Å². The predicted octanol–water partition coefficient (Wildman–Crippen LogP) is 9.37. The highest BCUT2D eigenvalue weighted by molar-refractivity contribution is 6.30. The Hall–Kier alpha value is -5.53. The van der Waals surface area contributed by atoms with Gasteiger partial charge in [-0.25, -0.2) is 4.39 Å². The number of halogens is 5. The second kappa shape index (κ2) is 18.0. The summed E-state index contributed by atoms with van der Waals surface area (Å²) >= 11 is 6.60. The van der Waals surface area contributed by atoms with Gasteiger partial charge in [0.25, 0.3) is 5.91 Å². The molecule has 10 aliphatic rings. The molecule has 12 nitrogen and oxygen atoms in total. The van der Waals surface area contributed by atoms with Gasteiger partial charge in [0, 0.05) is 101 Å². The molecule has 3 saturated heterocycles. The molecule has 0 radical (unpaired) electrons. The molecule has 3 aromatic rings. The molecule has 1 unspecified atom stereocenters. The van der Waals surface area contributed by atoms with Crippen molar-refractivity contribution in [2.24, 2.45) is 22.2 Å². The van der Waals surface area contributed by atoms with Crippen molar-refractivity contribution in [1.82, 2.24) is 29.9 Å². The molecule has 402 valence electrons. The van der Waals surface area contributed by atoms with Crippen LogP contribution in [0.1, 0.15) is 162 Å². The zero-order valence-electron chi connectivity index (χ0n) is 43.7. The van der Waals surface area contributed by atoms with E-state index in [1.54, 1.807) is 23.1 Å². The maximum atomic E-state index is 16.9. The first kappa shape index (κ1) is 51.2. The first-order valence-electron chi connectivity index (χ1n) is 27.5. The van der Waals surface area contributed by atoms with Crippen molar-refractivity contribution in [1.29, 1.82) is 0 Å². The molecule has 2 bridgehead atoms. The van der Waals surface area contributed by atoms with E-state index in [4.69, 9.17) is 11.6 Å². The zero-order valence-corrected chi connectivity index (χ0v) is 44.4. The largest absolute Gasteiger partial charge is 0.433 e. The van der Waals surface area contributed by atoms with Crippen LogP contribution in [0.25, 0.3) is 0 Å². The molecule has 2 N–H and O–H groups in total. The third-order valence-electron chi connectivity index (χ3n) is 19.8. The second-order valence-electron chi connectivity index (χ2n) is 25.0.